The molecule has 2 aliphatic rings. The molecule has 0 spiro atoms. The van der Waals surface area contributed by atoms with E-state index in [-0.39, 0.29) is 36.1 Å². The Kier molecular flexibility index (Phi) is 9.93. The third kappa shape index (κ3) is 7.76. The summed E-state index contributed by atoms with van der Waals surface area (Å²) in [7, 11) is 0. The highest BCUT2D eigenvalue weighted by molar-refractivity contribution is 7.13. The van der Waals surface area contributed by atoms with E-state index in [0.29, 0.717) is 44.8 Å². The molecular formula is C37H46FN9O4S. The summed E-state index contributed by atoms with van der Waals surface area (Å²) in [5.41, 5.74) is 9.34. The molecule has 0 unspecified atom stereocenters. The SMILES string of the molecule is CC(C)(C)OC(=O)N(CCCN(C[C@H]1C[C@@H](n2cc(-c3nccs3)c3c(N)ncnc32)[C@@H]2OC(C)(C)O[C@H]12)c1cn[nH]c1)CCc1ccc(F)cc1. The molecule has 1 amide bonds. The van der Waals surface area contributed by atoms with E-state index in [1.165, 1.54) is 18.5 Å². The van der Waals surface area contributed by atoms with Crippen molar-refractivity contribution >= 4 is 40.0 Å². The van der Waals surface area contributed by atoms with Gasteiger partial charge in [0, 0.05) is 61.6 Å². The van der Waals surface area contributed by atoms with Crippen LogP contribution in [0.25, 0.3) is 21.6 Å². The molecule has 1 aliphatic heterocycles. The van der Waals surface area contributed by atoms with Crippen LogP contribution in [0, 0.1) is 11.7 Å². The maximum absolute atomic E-state index is 13.5. The number of nitrogens with zero attached hydrogens (tertiary/aromatic N) is 7. The third-order valence-electron chi connectivity index (χ3n) is 9.61. The number of carbonyl (C=O) groups is 1. The van der Waals surface area contributed by atoms with Gasteiger partial charge < -0.3 is 34.3 Å². The van der Waals surface area contributed by atoms with Crippen molar-refractivity contribution in [3.8, 4) is 10.6 Å². The zero-order chi connectivity index (χ0) is 36.6. The number of ether oxygens (including phenoxy) is 3. The zero-order valence-corrected chi connectivity index (χ0v) is 31.0. The minimum absolute atomic E-state index is 0.0809. The quantitative estimate of drug-likeness (QED) is 0.147. The molecule has 15 heteroatoms. The largest absolute Gasteiger partial charge is 0.444 e. The summed E-state index contributed by atoms with van der Waals surface area (Å²) in [6, 6.07) is 6.30. The number of amides is 1. The van der Waals surface area contributed by atoms with Crippen LogP contribution in [0.15, 0.2) is 60.8 Å². The van der Waals surface area contributed by atoms with Gasteiger partial charge >= 0.3 is 6.09 Å². The van der Waals surface area contributed by atoms with Gasteiger partial charge in [0.2, 0.25) is 0 Å². The molecule has 1 aliphatic carbocycles. The fourth-order valence-corrected chi connectivity index (χ4v) is 8.06. The maximum atomic E-state index is 13.5. The van der Waals surface area contributed by atoms with Crippen LogP contribution in [-0.2, 0) is 20.6 Å². The molecule has 1 aromatic carbocycles. The number of anilines is 2. The lowest BCUT2D eigenvalue weighted by Gasteiger charge is -2.31. The number of aromatic amines is 1. The smallest absolute Gasteiger partial charge is 0.410 e. The van der Waals surface area contributed by atoms with Crippen molar-refractivity contribution in [2.45, 2.75) is 83.5 Å². The Hall–Kier alpha value is -4.60. The van der Waals surface area contributed by atoms with Gasteiger partial charge in [-0.05, 0) is 71.6 Å². The van der Waals surface area contributed by atoms with E-state index in [0.717, 1.165) is 39.3 Å². The van der Waals surface area contributed by atoms with Gasteiger partial charge in [0.1, 0.15) is 40.3 Å². The normalized spacial score (nSPS) is 21.0. The van der Waals surface area contributed by atoms with E-state index >= 15 is 0 Å². The Bertz CT molecular complexity index is 1960. The average Bonchev–Trinajstić information content (AvgIpc) is 3.92. The van der Waals surface area contributed by atoms with E-state index in [9.17, 15) is 9.18 Å². The van der Waals surface area contributed by atoms with Crippen LogP contribution >= 0.6 is 11.3 Å². The van der Waals surface area contributed by atoms with Crippen LogP contribution in [0.2, 0.25) is 0 Å². The van der Waals surface area contributed by atoms with Crippen molar-refractivity contribution in [3.63, 3.8) is 0 Å². The second kappa shape index (κ2) is 14.4. The number of hydrogen-bond donors (Lipinski definition) is 2. The van der Waals surface area contributed by atoms with Crippen LogP contribution in [0.4, 0.5) is 20.7 Å². The molecule has 4 atom stereocenters. The molecule has 1 saturated carbocycles. The summed E-state index contributed by atoms with van der Waals surface area (Å²) < 4.78 is 34.7. The minimum Gasteiger partial charge on any atom is -0.444 e. The maximum Gasteiger partial charge on any atom is 0.410 e. The number of halogens is 1. The second-order valence-corrected chi connectivity index (χ2v) is 15.9. The van der Waals surface area contributed by atoms with Gasteiger partial charge in [-0.3, -0.25) is 5.10 Å². The number of thiazole rings is 1. The zero-order valence-electron chi connectivity index (χ0n) is 30.2. The number of rotatable bonds is 12. The molecule has 3 N–H and O–H groups in total. The predicted molar refractivity (Wildman–Crippen MR) is 197 cm³/mol. The van der Waals surface area contributed by atoms with Crippen molar-refractivity contribution < 1.29 is 23.4 Å². The first-order valence-electron chi connectivity index (χ1n) is 17.7. The van der Waals surface area contributed by atoms with Gasteiger partial charge in [0.15, 0.2) is 5.79 Å². The Labute approximate surface area is 306 Å². The van der Waals surface area contributed by atoms with Crippen LogP contribution in [-0.4, -0.2) is 90.5 Å². The number of benzene rings is 1. The number of carbonyl (C=O) groups excluding carboxylic acids is 1. The first kappa shape index (κ1) is 35.8. The summed E-state index contributed by atoms with van der Waals surface area (Å²) >= 11 is 1.54. The summed E-state index contributed by atoms with van der Waals surface area (Å²) in [6.45, 7) is 11.8. The lowest BCUT2D eigenvalue weighted by Crippen LogP contribution is -2.40. The summed E-state index contributed by atoms with van der Waals surface area (Å²) in [5, 5.41) is 10.8. The lowest BCUT2D eigenvalue weighted by molar-refractivity contribution is -0.159. The third-order valence-corrected chi connectivity index (χ3v) is 10.4. The van der Waals surface area contributed by atoms with Crippen molar-refractivity contribution in [2.75, 3.05) is 36.8 Å². The van der Waals surface area contributed by atoms with Crippen molar-refractivity contribution in [2.24, 2.45) is 5.92 Å². The van der Waals surface area contributed by atoms with E-state index < -0.39 is 11.4 Å². The fraction of sp³-hybridized carbons (Fsp3) is 0.486. The van der Waals surface area contributed by atoms with E-state index in [2.05, 4.69) is 35.8 Å². The van der Waals surface area contributed by atoms with Gasteiger partial charge in [-0.15, -0.1) is 11.3 Å². The van der Waals surface area contributed by atoms with Crippen LogP contribution in [0.5, 0.6) is 0 Å². The molecule has 5 heterocycles. The number of aromatic nitrogens is 6. The number of nitrogens with two attached hydrogens (primary N) is 1. The first-order valence-corrected chi connectivity index (χ1v) is 18.6. The molecule has 0 bridgehead atoms. The number of hydrogen-bond acceptors (Lipinski definition) is 11. The Morgan fingerprint density at radius 2 is 1.92 bits per heavy atom. The molecule has 5 aromatic rings. The van der Waals surface area contributed by atoms with Crippen molar-refractivity contribution in [3.05, 3.63) is 72.1 Å². The van der Waals surface area contributed by atoms with E-state index in [4.69, 9.17) is 24.9 Å². The molecule has 276 valence electrons. The fourth-order valence-electron chi connectivity index (χ4n) is 7.40. The summed E-state index contributed by atoms with van der Waals surface area (Å²) in [5.74, 6) is -0.550. The summed E-state index contributed by atoms with van der Waals surface area (Å²) in [4.78, 5) is 30.9. The molecule has 0 radical (unpaired) electrons. The van der Waals surface area contributed by atoms with Crippen LogP contribution < -0.4 is 10.6 Å². The Morgan fingerprint density at radius 3 is 2.63 bits per heavy atom. The number of fused-ring (bicyclic) bond motifs is 2. The van der Waals surface area contributed by atoms with Crippen LogP contribution in [0.1, 0.15) is 59.1 Å². The summed E-state index contributed by atoms with van der Waals surface area (Å²) in [6.07, 6.45) is 10.3. The molecule has 13 nitrogen and oxygen atoms in total. The Morgan fingerprint density at radius 1 is 1.13 bits per heavy atom. The Balaban J connectivity index is 1.11. The molecule has 4 aromatic heterocycles. The van der Waals surface area contributed by atoms with Crippen LogP contribution in [0.3, 0.4) is 0 Å². The average molecular weight is 732 g/mol. The van der Waals surface area contributed by atoms with Gasteiger partial charge in [0.05, 0.1) is 29.4 Å². The van der Waals surface area contributed by atoms with E-state index in [1.807, 2.05) is 52.4 Å². The van der Waals surface area contributed by atoms with Gasteiger partial charge in [-0.25, -0.2) is 24.1 Å². The molecule has 1 saturated heterocycles. The monoisotopic (exact) mass is 731 g/mol. The lowest BCUT2D eigenvalue weighted by atomic mass is 10.0. The highest BCUT2D eigenvalue weighted by Gasteiger charge is 2.55. The van der Waals surface area contributed by atoms with Gasteiger partial charge in [0.25, 0.3) is 0 Å². The highest BCUT2D eigenvalue weighted by Crippen LogP contribution is 2.49. The molecule has 2 fully saturated rings. The van der Waals surface area contributed by atoms with Crippen molar-refractivity contribution in [1.29, 1.82) is 0 Å². The molecule has 52 heavy (non-hydrogen) atoms. The highest BCUT2D eigenvalue weighted by atomic mass is 32.1. The topological polar surface area (TPSA) is 150 Å². The number of H-pyrrole nitrogens is 1. The standard InChI is InChI=1S/C37H46FN9O4S/c1-36(2,3)51-35(48)45(15-11-23-7-9-25(38)10-8-23)13-6-14-46(26-18-43-44-19-26)20-24-17-28(31-30(24)49-37(4,5)50-31)47-21-27(34-40-12-16-52-34)29-32(39)41-22-42-33(29)47/h7-10,12,16,18-19,21-22,24,28,30-31H,6,11,13-15,17,20H2,1-5H3,(H,43,44)(H2,39,41,42)/t24-,28-,30-,31+/m1/s1. The number of nitrogens with one attached hydrogen (secondary N) is 1. The van der Waals surface area contributed by atoms with E-state index in [1.54, 1.807) is 34.6 Å². The minimum atomic E-state index is -0.764. The first-order chi connectivity index (χ1) is 24.8. The molecule has 7 rings (SSSR count). The molecular weight excluding hydrogens is 686 g/mol. The van der Waals surface area contributed by atoms with Gasteiger partial charge in [-0.2, -0.15) is 5.10 Å². The number of nitrogen functional groups attached to an aromatic ring is 1. The second-order valence-electron chi connectivity index (χ2n) is 15.0. The van der Waals surface area contributed by atoms with Gasteiger partial charge in [-0.1, -0.05) is 12.1 Å². The van der Waals surface area contributed by atoms with Crippen molar-refractivity contribution in [1.82, 2.24) is 34.6 Å². The predicted octanol–water partition coefficient (Wildman–Crippen LogP) is 6.46.